The van der Waals surface area contributed by atoms with Gasteiger partial charge in [-0.15, -0.1) is 10.2 Å². The summed E-state index contributed by atoms with van der Waals surface area (Å²) in [6.45, 7) is 1.74. The number of aromatic nitrogens is 6. The summed E-state index contributed by atoms with van der Waals surface area (Å²) in [4.78, 5) is 16.6. The maximum absolute atomic E-state index is 13.2. The van der Waals surface area contributed by atoms with Crippen LogP contribution in [0.1, 0.15) is 5.69 Å². The summed E-state index contributed by atoms with van der Waals surface area (Å²) in [6, 6.07) is 5.99. The Morgan fingerprint density at radius 1 is 1.16 bits per heavy atom. The second-order valence-corrected chi connectivity index (χ2v) is 5.54. The van der Waals surface area contributed by atoms with E-state index in [1.54, 1.807) is 19.1 Å². The number of aliphatic hydroxyl groups is 1. The van der Waals surface area contributed by atoms with Gasteiger partial charge in [0.1, 0.15) is 12.1 Å². The molecular formula is C16H13FN6O2. The molecule has 4 rings (SSSR count). The highest BCUT2D eigenvalue weighted by Crippen LogP contribution is 2.27. The Morgan fingerprint density at radius 2 is 1.92 bits per heavy atom. The number of nitrogens with zero attached hydrogens (tertiary/aromatic N) is 6. The molecule has 1 aromatic carbocycles. The highest BCUT2D eigenvalue weighted by atomic mass is 19.1. The number of aryl methyl sites for hydroxylation is 1. The molecule has 0 atom stereocenters. The molecule has 0 saturated carbocycles. The molecule has 0 aliphatic carbocycles. The van der Waals surface area contributed by atoms with E-state index in [2.05, 4.69) is 20.3 Å². The Labute approximate surface area is 140 Å². The van der Waals surface area contributed by atoms with Gasteiger partial charge in [-0.1, -0.05) is 12.1 Å². The van der Waals surface area contributed by atoms with Crippen molar-refractivity contribution in [2.45, 2.75) is 13.5 Å². The molecule has 3 heterocycles. The van der Waals surface area contributed by atoms with Gasteiger partial charge in [-0.3, -0.25) is 9.36 Å². The van der Waals surface area contributed by atoms with Crippen molar-refractivity contribution in [1.82, 2.24) is 29.4 Å². The molecule has 126 valence electrons. The summed E-state index contributed by atoms with van der Waals surface area (Å²) in [7, 11) is 0. The fourth-order valence-corrected chi connectivity index (χ4v) is 2.79. The van der Waals surface area contributed by atoms with Gasteiger partial charge in [0.15, 0.2) is 16.8 Å². The molecule has 0 aliphatic heterocycles. The van der Waals surface area contributed by atoms with Crippen LogP contribution in [0, 0.1) is 12.7 Å². The number of rotatable bonds is 3. The van der Waals surface area contributed by atoms with Crippen molar-refractivity contribution < 1.29 is 9.50 Å². The van der Waals surface area contributed by atoms with Crippen LogP contribution < -0.4 is 5.56 Å². The Morgan fingerprint density at radius 3 is 2.64 bits per heavy atom. The van der Waals surface area contributed by atoms with Crippen molar-refractivity contribution in [3.63, 3.8) is 0 Å². The summed E-state index contributed by atoms with van der Waals surface area (Å²) in [5.41, 5.74) is 2.49. The third-order valence-corrected chi connectivity index (χ3v) is 3.95. The van der Waals surface area contributed by atoms with E-state index in [-0.39, 0.29) is 30.1 Å². The van der Waals surface area contributed by atoms with Crippen LogP contribution >= 0.6 is 0 Å². The topological polar surface area (TPSA) is 98.2 Å². The molecule has 0 spiro atoms. The van der Waals surface area contributed by atoms with Crippen LogP contribution in [0.15, 0.2) is 35.4 Å². The smallest absolute Gasteiger partial charge is 0.283 e. The highest BCUT2D eigenvalue weighted by molar-refractivity contribution is 5.83. The van der Waals surface area contributed by atoms with Gasteiger partial charge in [-0.2, -0.15) is 9.61 Å². The summed E-state index contributed by atoms with van der Waals surface area (Å²) in [5, 5.41) is 21.6. The van der Waals surface area contributed by atoms with Crippen molar-refractivity contribution in [2.24, 2.45) is 0 Å². The summed E-state index contributed by atoms with van der Waals surface area (Å²) < 4.78 is 15.9. The molecule has 0 bridgehead atoms. The molecule has 0 fully saturated rings. The molecule has 0 saturated heterocycles. The molecule has 25 heavy (non-hydrogen) atoms. The minimum Gasteiger partial charge on any atom is -0.395 e. The van der Waals surface area contributed by atoms with Crippen molar-refractivity contribution in [3.05, 3.63) is 52.5 Å². The Balaban J connectivity index is 2.01. The summed E-state index contributed by atoms with van der Waals surface area (Å²) in [5.74, 6) is -0.333. The first-order valence-electron chi connectivity index (χ1n) is 7.58. The van der Waals surface area contributed by atoms with E-state index < -0.39 is 5.56 Å². The minimum absolute atomic E-state index is 0.0663. The van der Waals surface area contributed by atoms with E-state index in [0.29, 0.717) is 16.9 Å². The molecule has 0 amide bonds. The first-order valence-corrected chi connectivity index (χ1v) is 7.58. The highest BCUT2D eigenvalue weighted by Gasteiger charge is 2.18. The number of hydrogen-bond acceptors (Lipinski definition) is 6. The fourth-order valence-electron chi connectivity index (χ4n) is 2.79. The number of hydrogen-bond donors (Lipinski definition) is 1. The average Bonchev–Trinajstić information content (AvgIpc) is 2.94. The van der Waals surface area contributed by atoms with Crippen LogP contribution in [0.3, 0.4) is 0 Å². The van der Waals surface area contributed by atoms with Crippen molar-refractivity contribution >= 4 is 16.8 Å². The molecule has 9 heteroatoms. The molecule has 0 unspecified atom stereocenters. The minimum atomic E-state index is -0.398. The Kier molecular flexibility index (Phi) is 3.50. The maximum Gasteiger partial charge on any atom is 0.283 e. The maximum atomic E-state index is 13.2. The average molecular weight is 340 g/mol. The predicted molar refractivity (Wildman–Crippen MR) is 87.6 cm³/mol. The third kappa shape index (κ3) is 2.36. The van der Waals surface area contributed by atoms with Crippen molar-refractivity contribution in [3.8, 4) is 11.1 Å². The SMILES string of the molecule is Cc1nn2c(nnc3c(=O)n(CCO)cnc32)c1-c1ccc(F)cc1. The van der Waals surface area contributed by atoms with E-state index >= 15 is 0 Å². The van der Waals surface area contributed by atoms with Gasteiger partial charge in [0.25, 0.3) is 5.56 Å². The van der Waals surface area contributed by atoms with E-state index in [1.165, 1.54) is 27.5 Å². The molecule has 4 aromatic rings. The lowest BCUT2D eigenvalue weighted by molar-refractivity contribution is 0.274. The summed E-state index contributed by atoms with van der Waals surface area (Å²) >= 11 is 0. The van der Waals surface area contributed by atoms with Crippen LogP contribution in [-0.2, 0) is 6.54 Å². The first kappa shape index (κ1) is 15.3. The molecule has 3 aromatic heterocycles. The van der Waals surface area contributed by atoms with Gasteiger partial charge >= 0.3 is 0 Å². The quantitative estimate of drug-likeness (QED) is 0.596. The zero-order chi connectivity index (χ0) is 17.6. The van der Waals surface area contributed by atoms with Crippen LogP contribution in [0.2, 0.25) is 0 Å². The van der Waals surface area contributed by atoms with E-state index in [0.717, 1.165) is 5.56 Å². The second kappa shape index (κ2) is 5.71. The van der Waals surface area contributed by atoms with E-state index in [9.17, 15) is 9.18 Å². The Bertz CT molecular complexity index is 1150. The predicted octanol–water partition coefficient (Wildman–Crippen LogP) is 0.941. The van der Waals surface area contributed by atoms with E-state index in [4.69, 9.17) is 5.11 Å². The van der Waals surface area contributed by atoms with E-state index in [1.807, 2.05) is 0 Å². The van der Waals surface area contributed by atoms with Crippen molar-refractivity contribution in [2.75, 3.05) is 6.61 Å². The third-order valence-electron chi connectivity index (χ3n) is 3.95. The number of aliphatic hydroxyl groups excluding tert-OH is 1. The number of halogens is 1. The van der Waals surface area contributed by atoms with Gasteiger partial charge in [0, 0.05) is 0 Å². The Hall–Kier alpha value is -3.20. The summed E-state index contributed by atoms with van der Waals surface area (Å²) in [6.07, 6.45) is 1.34. The molecule has 1 N–H and O–H groups in total. The van der Waals surface area contributed by atoms with Crippen LogP contribution in [-0.4, -0.2) is 41.1 Å². The van der Waals surface area contributed by atoms with Crippen LogP contribution in [0.5, 0.6) is 0 Å². The lowest BCUT2D eigenvalue weighted by Crippen LogP contribution is -2.24. The van der Waals surface area contributed by atoms with Gasteiger partial charge in [0.05, 0.1) is 24.4 Å². The molecule has 0 aliphatic rings. The fraction of sp³-hybridized carbons (Fsp3) is 0.188. The molecule has 0 radical (unpaired) electrons. The van der Waals surface area contributed by atoms with Gasteiger partial charge < -0.3 is 5.11 Å². The van der Waals surface area contributed by atoms with Crippen LogP contribution in [0.4, 0.5) is 4.39 Å². The standard InChI is InChI=1S/C16H13FN6O2/c1-9-12(10-2-4-11(17)5-3-10)14-20-19-13-15(23(14)21-9)18-8-22(6-7-24)16(13)25/h2-5,8,24H,6-7H2,1H3. The van der Waals surface area contributed by atoms with Gasteiger partial charge in [-0.25, -0.2) is 9.37 Å². The van der Waals surface area contributed by atoms with Gasteiger partial charge in [-0.05, 0) is 24.6 Å². The lowest BCUT2D eigenvalue weighted by Gasteiger charge is -2.04. The molecule has 8 nitrogen and oxygen atoms in total. The lowest BCUT2D eigenvalue weighted by atomic mass is 10.1. The van der Waals surface area contributed by atoms with Crippen LogP contribution in [0.25, 0.3) is 27.9 Å². The zero-order valence-corrected chi connectivity index (χ0v) is 13.2. The number of benzene rings is 1. The second-order valence-electron chi connectivity index (χ2n) is 5.54. The molecular weight excluding hydrogens is 327 g/mol. The first-order chi connectivity index (χ1) is 12.1. The van der Waals surface area contributed by atoms with Gasteiger partial charge in [0.2, 0.25) is 0 Å². The number of fused-ring (bicyclic) bond motifs is 3. The van der Waals surface area contributed by atoms with Crippen molar-refractivity contribution in [1.29, 1.82) is 0 Å². The zero-order valence-electron chi connectivity index (χ0n) is 13.2. The largest absolute Gasteiger partial charge is 0.395 e. The monoisotopic (exact) mass is 340 g/mol. The normalized spacial score (nSPS) is 11.5.